The van der Waals surface area contributed by atoms with E-state index in [1.54, 1.807) is 6.08 Å². The summed E-state index contributed by atoms with van der Waals surface area (Å²) < 4.78 is 22.7. The Morgan fingerprint density at radius 3 is 1.28 bits per heavy atom. The van der Waals surface area contributed by atoms with Gasteiger partial charge in [0.05, 0.1) is 32.0 Å². The zero-order valence-corrected chi connectivity index (χ0v) is 50.4. The molecule has 0 bridgehead atoms. The molecule has 14 heteroatoms. The Balaban J connectivity index is 1.66. The van der Waals surface area contributed by atoms with E-state index in [1.165, 1.54) is 32.1 Å². The van der Waals surface area contributed by atoms with Crippen LogP contribution in [0.1, 0.15) is 174 Å². The highest BCUT2D eigenvalue weighted by Gasteiger charge is 2.51. The molecule has 468 valence electrons. The van der Waals surface area contributed by atoms with Crippen LogP contribution >= 0.6 is 0 Å². The molecule has 0 aromatic carbocycles. The molecule has 0 aromatic rings. The Hall–Kier alpha value is -4.39. The summed E-state index contributed by atoms with van der Waals surface area (Å²) in [7, 11) is 0. The fourth-order valence-electron chi connectivity index (χ4n) is 8.98. The molecule has 0 saturated carbocycles. The lowest BCUT2D eigenvalue weighted by atomic mass is 9.97. The minimum absolute atomic E-state index is 0.215. The van der Waals surface area contributed by atoms with Crippen LogP contribution in [0, 0.1) is 0 Å². The van der Waals surface area contributed by atoms with Crippen LogP contribution in [0.25, 0.3) is 0 Å². The van der Waals surface area contributed by atoms with Crippen molar-refractivity contribution in [2.75, 3.05) is 19.8 Å². The van der Waals surface area contributed by atoms with Crippen LogP contribution in [-0.2, 0) is 23.7 Å². The van der Waals surface area contributed by atoms with Crippen molar-refractivity contribution in [1.82, 2.24) is 5.32 Å². The number of carbonyl (C=O) groups excluding carboxylic acids is 1. The first-order valence-corrected chi connectivity index (χ1v) is 31.2. The molecule has 9 N–H and O–H groups in total. The van der Waals surface area contributed by atoms with Gasteiger partial charge in [-0.05, 0) is 109 Å². The van der Waals surface area contributed by atoms with Crippen molar-refractivity contribution in [1.29, 1.82) is 0 Å². The lowest BCUT2D eigenvalue weighted by molar-refractivity contribution is -0.359. The van der Waals surface area contributed by atoms with Crippen LogP contribution in [0.5, 0.6) is 0 Å². The predicted molar refractivity (Wildman–Crippen MR) is 336 cm³/mol. The van der Waals surface area contributed by atoms with Gasteiger partial charge in [0, 0.05) is 6.42 Å². The third-order valence-corrected chi connectivity index (χ3v) is 14.0. The van der Waals surface area contributed by atoms with E-state index in [0.29, 0.717) is 6.42 Å². The van der Waals surface area contributed by atoms with Crippen LogP contribution < -0.4 is 5.32 Å². The van der Waals surface area contributed by atoms with Gasteiger partial charge in [-0.15, -0.1) is 0 Å². The summed E-state index contributed by atoms with van der Waals surface area (Å²) in [5, 5.41) is 86.8. The first-order chi connectivity index (χ1) is 40.6. The van der Waals surface area contributed by atoms with Crippen molar-refractivity contribution in [3.05, 3.63) is 158 Å². The minimum Gasteiger partial charge on any atom is -0.394 e. The predicted octanol–water partition coefficient (Wildman–Crippen LogP) is 11.5. The minimum atomic E-state index is -1.80. The van der Waals surface area contributed by atoms with Crippen LogP contribution in [0.3, 0.4) is 0 Å². The summed E-state index contributed by atoms with van der Waals surface area (Å²) in [4.78, 5) is 13.2. The second kappa shape index (κ2) is 52.0. The zero-order chi connectivity index (χ0) is 60.2. The molecule has 2 saturated heterocycles. The van der Waals surface area contributed by atoms with Crippen molar-refractivity contribution < 1.29 is 64.6 Å². The van der Waals surface area contributed by atoms with E-state index >= 15 is 0 Å². The Labute approximate surface area is 499 Å². The SMILES string of the molecule is CC/C=C\C/C=C\C/C=C\C/C=C\C/C=C\C/C=C\C/C=C\C/C=C\C/C=C\C/C=C\C/C=C\C/C=C\CCCCC(=O)NC(COC1OC(CO)C(OC2OC(CO)C(O)C(O)C2O)C(O)C1O)C(O)/C=C/CCCCCCCCCC. The van der Waals surface area contributed by atoms with Gasteiger partial charge in [-0.2, -0.15) is 0 Å². The molecule has 0 radical (unpaired) electrons. The van der Waals surface area contributed by atoms with Gasteiger partial charge >= 0.3 is 0 Å². The molecule has 12 unspecified atom stereocenters. The molecule has 2 aliphatic heterocycles. The molecular weight excluding hydrogens is 1050 g/mol. The summed E-state index contributed by atoms with van der Waals surface area (Å²) in [6.45, 7) is 2.59. The van der Waals surface area contributed by atoms with Gasteiger partial charge in [-0.1, -0.05) is 217 Å². The molecule has 83 heavy (non-hydrogen) atoms. The van der Waals surface area contributed by atoms with Gasteiger partial charge < -0.3 is 65.1 Å². The third kappa shape index (κ3) is 36.9. The molecule has 2 fully saturated rings. The summed E-state index contributed by atoms with van der Waals surface area (Å²) in [5.41, 5.74) is 0. The first kappa shape index (κ1) is 74.7. The number of nitrogens with one attached hydrogen (secondary N) is 1. The molecule has 0 spiro atoms. The number of unbranched alkanes of at least 4 members (excludes halogenated alkanes) is 10. The number of amides is 1. The number of aliphatic hydroxyl groups excluding tert-OH is 8. The third-order valence-electron chi connectivity index (χ3n) is 14.0. The van der Waals surface area contributed by atoms with Gasteiger partial charge in [0.2, 0.25) is 5.91 Å². The van der Waals surface area contributed by atoms with Crippen LogP contribution in [0.4, 0.5) is 0 Å². The van der Waals surface area contributed by atoms with Gasteiger partial charge in [0.1, 0.15) is 48.8 Å². The fourth-order valence-corrected chi connectivity index (χ4v) is 8.98. The molecule has 0 aromatic heterocycles. The first-order valence-electron chi connectivity index (χ1n) is 31.2. The maximum Gasteiger partial charge on any atom is 0.220 e. The quantitative estimate of drug-likeness (QED) is 0.0204. The van der Waals surface area contributed by atoms with Crippen molar-refractivity contribution in [2.24, 2.45) is 0 Å². The van der Waals surface area contributed by atoms with E-state index < -0.39 is 86.8 Å². The van der Waals surface area contributed by atoms with E-state index in [2.05, 4.69) is 165 Å². The van der Waals surface area contributed by atoms with Crippen LogP contribution in [0.15, 0.2) is 158 Å². The molecule has 0 aliphatic carbocycles. The average Bonchev–Trinajstić information content (AvgIpc) is 3.47. The van der Waals surface area contributed by atoms with Crippen molar-refractivity contribution >= 4 is 5.91 Å². The highest BCUT2D eigenvalue weighted by Crippen LogP contribution is 2.30. The normalized spacial score (nSPS) is 24.9. The summed E-state index contributed by atoms with van der Waals surface area (Å²) >= 11 is 0. The smallest absolute Gasteiger partial charge is 0.220 e. The Kier molecular flexibility index (Phi) is 46.8. The number of hydrogen-bond acceptors (Lipinski definition) is 13. The average molecular weight is 1160 g/mol. The van der Waals surface area contributed by atoms with Gasteiger partial charge in [0.25, 0.3) is 0 Å². The largest absolute Gasteiger partial charge is 0.394 e. The molecule has 2 aliphatic rings. The highest BCUT2D eigenvalue weighted by atomic mass is 16.7. The molecular formula is C69H109NO13. The monoisotopic (exact) mass is 1160 g/mol. The van der Waals surface area contributed by atoms with E-state index in [-0.39, 0.29) is 18.9 Å². The highest BCUT2D eigenvalue weighted by molar-refractivity contribution is 5.76. The molecule has 2 heterocycles. The Bertz CT molecular complexity index is 2000. The second-order valence-electron chi connectivity index (χ2n) is 21.1. The Morgan fingerprint density at radius 2 is 0.831 bits per heavy atom. The number of carbonyl (C=O) groups is 1. The van der Waals surface area contributed by atoms with Gasteiger partial charge in [0.15, 0.2) is 12.6 Å². The molecule has 12 atom stereocenters. The van der Waals surface area contributed by atoms with Crippen molar-refractivity contribution in [3.8, 4) is 0 Å². The topological polar surface area (TPSA) is 228 Å². The zero-order valence-electron chi connectivity index (χ0n) is 50.4. The van der Waals surface area contributed by atoms with Gasteiger partial charge in [-0.25, -0.2) is 0 Å². The number of ether oxygens (including phenoxy) is 4. The molecule has 1 amide bonds. The van der Waals surface area contributed by atoms with Gasteiger partial charge in [-0.3, -0.25) is 4.79 Å². The fraction of sp³-hybridized carbons (Fsp3) is 0.609. The number of hydrogen-bond donors (Lipinski definition) is 9. The van der Waals surface area contributed by atoms with Crippen molar-refractivity contribution in [3.63, 3.8) is 0 Å². The van der Waals surface area contributed by atoms with Crippen LogP contribution in [-0.4, -0.2) is 140 Å². The maximum absolute atomic E-state index is 13.2. The number of aliphatic hydroxyl groups is 8. The summed E-state index contributed by atoms with van der Waals surface area (Å²) in [5.74, 6) is -0.292. The second-order valence-corrected chi connectivity index (χ2v) is 21.1. The maximum atomic E-state index is 13.2. The lowest BCUT2D eigenvalue weighted by Crippen LogP contribution is -2.65. The standard InChI is InChI=1S/C69H109NO13/c1-3-5-7-9-11-13-15-16-17-18-19-20-21-22-23-24-25-26-27-28-29-30-31-32-33-34-35-36-37-38-39-40-41-42-43-45-47-49-51-53-61(74)70-57(58(73)52-50-48-46-44-14-12-10-8-6-4-2)56-80-68-66(79)64(77)67(60(55-72)82-68)83-69-65(78)63(76)62(75)59(54-71)81-69/h5,7,11,13,16-17,19-20,22-23,25-26,28-29,31-32,34-35,37-38,40-41,43,45,50,52,57-60,62-69,71-73,75-79H,3-4,6,8-10,12,14-15,18,21,24,27,30,33,36,39,42,44,46-49,51,53-56H2,1-2H3,(H,70,74)/b7-5-,13-11-,17-16-,20-19-,23-22-,26-25-,29-28-,32-31-,35-34-,38-37-,41-40-,45-43-,52-50+. The summed E-state index contributed by atoms with van der Waals surface area (Å²) in [6, 6.07) is -0.948. The number of allylic oxidation sites excluding steroid dienone is 25. The summed E-state index contributed by atoms with van der Waals surface area (Å²) in [6.07, 6.45) is 63.1. The van der Waals surface area contributed by atoms with Crippen molar-refractivity contribution in [2.45, 2.75) is 248 Å². The number of rotatable bonds is 47. The molecule has 14 nitrogen and oxygen atoms in total. The van der Waals surface area contributed by atoms with E-state index in [9.17, 15) is 45.6 Å². The van der Waals surface area contributed by atoms with E-state index in [4.69, 9.17) is 18.9 Å². The van der Waals surface area contributed by atoms with E-state index in [0.717, 1.165) is 116 Å². The lowest BCUT2D eigenvalue weighted by Gasteiger charge is -2.46. The molecule has 2 rings (SSSR count). The van der Waals surface area contributed by atoms with E-state index in [1.807, 2.05) is 6.08 Å². The van der Waals surface area contributed by atoms with Crippen LogP contribution in [0.2, 0.25) is 0 Å². The Morgan fingerprint density at radius 1 is 0.446 bits per heavy atom.